The number of hydrogen-bond donors (Lipinski definition) is 0. The highest BCUT2D eigenvalue weighted by atomic mass is 16.5. The van der Waals surface area contributed by atoms with Crippen molar-refractivity contribution in [3.63, 3.8) is 0 Å². The average Bonchev–Trinajstić information content (AvgIpc) is 3.07. The van der Waals surface area contributed by atoms with Gasteiger partial charge in [-0.25, -0.2) is 9.97 Å². The minimum atomic E-state index is -0.0861. The number of likely N-dealkylation sites (tertiary alicyclic amines) is 1. The maximum absolute atomic E-state index is 12.3. The second kappa shape index (κ2) is 5.03. The standard InChI is InChI=1S/C14H16N4O2/c1-9-3-5-15-13(16-9)11-4-6-18(8-11)14(19)12-7-10(2)20-17-12/h3,5,7,11H,4,6,8H2,1-2H3/t11-/m0/s1. The van der Waals surface area contributed by atoms with Gasteiger partial charge < -0.3 is 9.42 Å². The van der Waals surface area contributed by atoms with Gasteiger partial charge in [-0.3, -0.25) is 4.79 Å². The van der Waals surface area contributed by atoms with Gasteiger partial charge in [0.1, 0.15) is 11.6 Å². The molecule has 6 nitrogen and oxygen atoms in total. The molecule has 3 heterocycles. The summed E-state index contributed by atoms with van der Waals surface area (Å²) in [5.41, 5.74) is 1.32. The minimum Gasteiger partial charge on any atom is -0.361 e. The minimum absolute atomic E-state index is 0.0861. The third-order valence-electron chi connectivity index (χ3n) is 3.50. The molecule has 1 fully saturated rings. The van der Waals surface area contributed by atoms with Crippen LogP contribution in [0.15, 0.2) is 22.9 Å². The Morgan fingerprint density at radius 1 is 1.45 bits per heavy atom. The Balaban J connectivity index is 1.72. The van der Waals surface area contributed by atoms with E-state index in [4.69, 9.17) is 4.52 Å². The van der Waals surface area contributed by atoms with Crippen LogP contribution in [0.3, 0.4) is 0 Å². The summed E-state index contributed by atoms with van der Waals surface area (Å²) < 4.78 is 4.95. The van der Waals surface area contributed by atoms with Crippen molar-refractivity contribution in [3.05, 3.63) is 41.3 Å². The molecule has 0 aromatic carbocycles. The van der Waals surface area contributed by atoms with Crippen LogP contribution in [0, 0.1) is 13.8 Å². The van der Waals surface area contributed by atoms with Gasteiger partial charge in [0, 0.05) is 37.0 Å². The zero-order valence-corrected chi connectivity index (χ0v) is 11.5. The molecular weight excluding hydrogens is 256 g/mol. The van der Waals surface area contributed by atoms with Crippen molar-refractivity contribution < 1.29 is 9.32 Å². The third kappa shape index (κ3) is 2.41. The van der Waals surface area contributed by atoms with E-state index in [2.05, 4.69) is 15.1 Å². The molecule has 1 aliphatic heterocycles. The fraction of sp³-hybridized carbons (Fsp3) is 0.429. The van der Waals surface area contributed by atoms with Gasteiger partial charge in [0.2, 0.25) is 0 Å². The summed E-state index contributed by atoms with van der Waals surface area (Å²) >= 11 is 0. The molecule has 3 rings (SSSR count). The lowest BCUT2D eigenvalue weighted by molar-refractivity contribution is 0.0780. The number of hydrogen-bond acceptors (Lipinski definition) is 5. The Morgan fingerprint density at radius 3 is 3.00 bits per heavy atom. The lowest BCUT2D eigenvalue weighted by Gasteiger charge is -2.14. The molecular formula is C14H16N4O2. The van der Waals surface area contributed by atoms with Crippen LogP contribution in [0.4, 0.5) is 0 Å². The first-order valence-corrected chi connectivity index (χ1v) is 6.65. The Labute approximate surface area is 116 Å². The first kappa shape index (κ1) is 12.8. The number of amides is 1. The molecule has 0 N–H and O–H groups in total. The lowest BCUT2D eigenvalue weighted by atomic mass is 10.1. The predicted octanol–water partition coefficient (Wildman–Crippen LogP) is 1.71. The summed E-state index contributed by atoms with van der Waals surface area (Å²) in [4.78, 5) is 22.8. The molecule has 0 unspecified atom stereocenters. The molecule has 1 aliphatic rings. The van der Waals surface area contributed by atoms with Crippen LogP contribution in [0.2, 0.25) is 0 Å². The summed E-state index contributed by atoms with van der Waals surface area (Å²) in [6.07, 6.45) is 2.65. The second-order valence-electron chi connectivity index (χ2n) is 5.12. The number of nitrogens with zero attached hydrogens (tertiary/aromatic N) is 4. The summed E-state index contributed by atoms with van der Waals surface area (Å²) in [6.45, 7) is 5.05. The predicted molar refractivity (Wildman–Crippen MR) is 71.3 cm³/mol. The first-order chi connectivity index (χ1) is 9.63. The van der Waals surface area contributed by atoms with E-state index < -0.39 is 0 Å². The van der Waals surface area contributed by atoms with Crippen LogP contribution in [0.5, 0.6) is 0 Å². The van der Waals surface area contributed by atoms with Gasteiger partial charge in [0.25, 0.3) is 5.91 Å². The fourth-order valence-electron chi connectivity index (χ4n) is 2.45. The van der Waals surface area contributed by atoms with Crippen LogP contribution < -0.4 is 0 Å². The van der Waals surface area contributed by atoms with E-state index >= 15 is 0 Å². The maximum Gasteiger partial charge on any atom is 0.276 e. The third-order valence-corrected chi connectivity index (χ3v) is 3.50. The first-order valence-electron chi connectivity index (χ1n) is 6.65. The van der Waals surface area contributed by atoms with Crippen LogP contribution in [-0.2, 0) is 0 Å². The number of carbonyl (C=O) groups excluding carboxylic acids is 1. The summed E-state index contributed by atoms with van der Waals surface area (Å²) in [5.74, 6) is 1.58. The lowest BCUT2D eigenvalue weighted by Crippen LogP contribution is -2.28. The molecule has 1 amide bonds. The fourth-order valence-corrected chi connectivity index (χ4v) is 2.45. The van der Waals surface area contributed by atoms with E-state index in [1.165, 1.54) is 0 Å². The van der Waals surface area contributed by atoms with Gasteiger partial charge in [-0.05, 0) is 26.3 Å². The van der Waals surface area contributed by atoms with Crippen LogP contribution in [0.25, 0.3) is 0 Å². The Morgan fingerprint density at radius 2 is 2.30 bits per heavy atom. The quantitative estimate of drug-likeness (QED) is 0.832. The number of rotatable bonds is 2. The van der Waals surface area contributed by atoms with Crippen molar-refractivity contribution in [1.82, 2.24) is 20.0 Å². The van der Waals surface area contributed by atoms with Crippen LogP contribution >= 0.6 is 0 Å². The topological polar surface area (TPSA) is 72.1 Å². The molecule has 2 aromatic rings. The monoisotopic (exact) mass is 272 g/mol. The number of aromatic nitrogens is 3. The van der Waals surface area contributed by atoms with Crippen LogP contribution in [-0.4, -0.2) is 39.0 Å². The van der Waals surface area contributed by atoms with Crippen molar-refractivity contribution in [2.75, 3.05) is 13.1 Å². The van der Waals surface area contributed by atoms with Gasteiger partial charge in [-0.2, -0.15) is 0 Å². The molecule has 2 aromatic heterocycles. The Kier molecular flexibility index (Phi) is 3.22. The molecule has 6 heteroatoms. The molecule has 20 heavy (non-hydrogen) atoms. The molecule has 0 bridgehead atoms. The van der Waals surface area contributed by atoms with Crippen molar-refractivity contribution in [3.8, 4) is 0 Å². The number of aryl methyl sites for hydroxylation is 2. The zero-order valence-electron chi connectivity index (χ0n) is 11.5. The summed E-state index contributed by atoms with van der Waals surface area (Å²) in [6, 6.07) is 3.54. The van der Waals surface area contributed by atoms with Gasteiger partial charge in [0.05, 0.1) is 0 Å². The van der Waals surface area contributed by atoms with E-state index in [9.17, 15) is 4.79 Å². The molecule has 0 radical (unpaired) electrons. The van der Waals surface area contributed by atoms with E-state index in [-0.39, 0.29) is 11.8 Å². The SMILES string of the molecule is Cc1ccnc([C@H]2CCN(C(=O)c3cc(C)on3)C2)n1. The Hall–Kier alpha value is -2.24. The van der Waals surface area contributed by atoms with E-state index in [1.54, 1.807) is 24.1 Å². The second-order valence-corrected chi connectivity index (χ2v) is 5.12. The normalized spacial score (nSPS) is 18.5. The largest absolute Gasteiger partial charge is 0.361 e. The summed E-state index contributed by atoms with van der Waals surface area (Å²) in [5, 5.41) is 3.77. The van der Waals surface area contributed by atoms with Gasteiger partial charge >= 0.3 is 0 Å². The zero-order chi connectivity index (χ0) is 14.1. The van der Waals surface area contributed by atoms with Crippen molar-refractivity contribution in [1.29, 1.82) is 0 Å². The highest BCUT2D eigenvalue weighted by molar-refractivity contribution is 5.92. The molecule has 0 saturated carbocycles. The smallest absolute Gasteiger partial charge is 0.276 e. The molecule has 1 atom stereocenters. The molecule has 0 spiro atoms. The van der Waals surface area contributed by atoms with Crippen molar-refractivity contribution in [2.24, 2.45) is 0 Å². The highest BCUT2D eigenvalue weighted by Crippen LogP contribution is 2.25. The average molecular weight is 272 g/mol. The van der Waals surface area contributed by atoms with Gasteiger partial charge in [-0.1, -0.05) is 5.16 Å². The Bertz CT molecular complexity index is 638. The van der Waals surface area contributed by atoms with Crippen LogP contribution in [0.1, 0.15) is 40.1 Å². The van der Waals surface area contributed by atoms with E-state index in [1.807, 2.05) is 13.0 Å². The summed E-state index contributed by atoms with van der Waals surface area (Å²) in [7, 11) is 0. The molecule has 104 valence electrons. The molecule has 1 saturated heterocycles. The molecule has 0 aliphatic carbocycles. The van der Waals surface area contributed by atoms with E-state index in [0.29, 0.717) is 24.5 Å². The van der Waals surface area contributed by atoms with Gasteiger partial charge in [0.15, 0.2) is 5.69 Å². The highest BCUT2D eigenvalue weighted by Gasteiger charge is 2.30. The van der Waals surface area contributed by atoms with Crippen molar-refractivity contribution in [2.45, 2.75) is 26.2 Å². The van der Waals surface area contributed by atoms with E-state index in [0.717, 1.165) is 17.9 Å². The van der Waals surface area contributed by atoms with Gasteiger partial charge in [-0.15, -0.1) is 0 Å². The van der Waals surface area contributed by atoms with Crippen molar-refractivity contribution >= 4 is 5.91 Å². The number of carbonyl (C=O) groups is 1. The maximum atomic E-state index is 12.3.